The predicted molar refractivity (Wildman–Crippen MR) is 87.9 cm³/mol. The molecule has 0 amide bonds. The minimum atomic E-state index is 0.790. The zero-order valence-corrected chi connectivity index (χ0v) is 14.0. The van der Waals surface area contributed by atoms with Crippen LogP contribution in [0.1, 0.15) is 70.6 Å². The van der Waals surface area contributed by atoms with E-state index in [1.165, 1.54) is 77.2 Å². The van der Waals surface area contributed by atoms with Crippen LogP contribution in [0.4, 0.5) is 0 Å². The Hall–Kier alpha value is -0.200. The number of hydrazine groups is 4. The van der Waals surface area contributed by atoms with Crippen molar-refractivity contribution in [2.75, 3.05) is 19.8 Å². The highest BCUT2D eigenvalue weighted by molar-refractivity contribution is 4.91. The molecule has 0 spiro atoms. The smallest absolute Gasteiger partial charge is 0.0968 e. The minimum Gasteiger partial charge on any atom is -0.222 e. The average Bonchev–Trinajstić information content (AvgIpc) is 3.15. The largest absolute Gasteiger partial charge is 0.222 e. The molecule has 4 rings (SSSR count). The topological polar surface area (TPSA) is 33.8 Å². The average molecular weight is 307 g/mol. The van der Waals surface area contributed by atoms with Gasteiger partial charge in [0.15, 0.2) is 0 Å². The van der Waals surface area contributed by atoms with Gasteiger partial charge < -0.3 is 0 Å². The summed E-state index contributed by atoms with van der Waals surface area (Å²) in [5.74, 6) is 1.93. The molecular weight excluding hydrogens is 274 g/mol. The summed E-state index contributed by atoms with van der Waals surface area (Å²) in [6.07, 6.45) is 15.8. The molecule has 5 nitrogen and oxygen atoms in total. The Balaban J connectivity index is 1.43. The van der Waals surface area contributed by atoms with Crippen LogP contribution in [0.25, 0.3) is 0 Å². The zero-order valence-electron chi connectivity index (χ0n) is 14.0. The van der Waals surface area contributed by atoms with Crippen molar-refractivity contribution in [1.82, 2.24) is 26.2 Å². The van der Waals surface area contributed by atoms with Crippen LogP contribution < -0.4 is 11.1 Å². The van der Waals surface area contributed by atoms with Crippen molar-refractivity contribution in [3.8, 4) is 0 Å². The molecule has 22 heavy (non-hydrogen) atoms. The molecule has 3 saturated heterocycles. The SMILES string of the molecule is C1CCCCN2CN(NN2)N2CCC3CCC(CCC1)CC32. The zero-order chi connectivity index (χ0) is 14.8. The quantitative estimate of drug-likeness (QED) is 0.719. The van der Waals surface area contributed by atoms with Gasteiger partial charge in [-0.05, 0) is 37.5 Å². The molecule has 5 atom stereocenters. The molecule has 3 heterocycles. The van der Waals surface area contributed by atoms with Gasteiger partial charge in [-0.2, -0.15) is 11.1 Å². The van der Waals surface area contributed by atoms with Crippen molar-refractivity contribution < 1.29 is 0 Å². The summed E-state index contributed by atoms with van der Waals surface area (Å²) in [5, 5.41) is 7.34. The molecule has 0 aromatic rings. The van der Waals surface area contributed by atoms with Crippen LogP contribution in [0.15, 0.2) is 0 Å². The minimum absolute atomic E-state index is 0.790. The summed E-state index contributed by atoms with van der Waals surface area (Å²) in [6.45, 7) is 3.40. The Morgan fingerprint density at radius 2 is 1.59 bits per heavy atom. The summed E-state index contributed by atoms with van der Waals surface area (Å²) in [6, 6.07) is 0.790. The second kappa shape index (κ2) is 7.14. The summed E-state index contributed by atoms with van der Waals surface area (Å²) >= 11 is 0. The molecule has 4 bridgehead atoms. The third kappa shape index (κ3) is 3.34. The van der Waals surface area contributed by atoms with Gasteiger partial charge in [0.05, 0.1) is 6.67 Å². The molecule has 2 N–H and O–H groups in total. The molecule has 5 unspecified atom stereocenters. The van der Waals surface area contributed by atoms with Crippen LogP contribution >= 0.6 is 0 Å². The lowest BCUT2D eigenvalue weighted by molar-refractivity contribution is -0.0832. The molecular formula is C17H33N5. The number of hydrogen-bond donors (Lipinski definition) is 2. The normalized spacial score (nSPS) is 44.5. The summed E-state index contributed by atoms with van der Waals surface area (Å²) < 4.78 is 0. The number of nitrogens with one attached hydrogen (secondary N) is 2. The van der Waals surface area contributed by atoms with Gasteiger partial charge in [-0.25, -0.2) is 10.0 Å². The third-order valence-electron chi connectivity index (χ3n) is 6.42. The Labute approximate surface area is 135 Å². The second-order valence-corrected chi connectivity index (χ2v) is 7.90. The van der Waals surface area contributed by atoms with Gasteiger partial charge in [0.1, 0.15) is 0 Å². The molecule has 4 aliphatic rings. The van der Waals surface area contributed by atoms with Crippen molar-refractivity contribution in [2.45, 2.75) is 76.7 Å². The molecule has 1 aliphatic carbocycles. The third-order valence-corrected chi connectivity index (χ3v) is 6.42. The lowest BCUT2D eigenvalue weighted by Crippen LogP contribution is -2.53. The van der Waals surface area contributed by atoms with Gasteiger partial charge in [0.25, 0.3) is 0 Å². The first-order valence-corrected chi connectivity index (χ1v) is 9.70. The maximum atomic E-state index is 3.40. The number of hydrogen-bond acceptors (Lipinski definition) is 5. The van der Waals surface area contributed by atoms with Crippen LogP contribution in [-0.4, -0.2) is 40.9 Å². The van der Waals surface area contributed by atoms with Gasteiger partial charge >= 0.3 is 0 Å². The van der Waals surface area contributed by atoms with Crippen LogP contribution in [-0.2, 0) is 0 Å². The molecule has 5 heteroatoms. The van der Waals surface area contributed by atoms with E-state index in [1.54, 1.807) is 0 Å². The summed E-state index contributed by atoms with van der Waals surface area (Å²) in [5.41, 5.74) is 6.77. The fraction of sp³-hybridized carbons (Fsp3) is 1.00. The molecule has 126 valence electrons. The summed E-state index contributed by atoms with van der Waals surface area (Å²) in [7, 11) is 0. The van der Waals surface area contributed by atoms with Crippen molar-refractivity contribution >= 4 is 0 Å². The van der Waals surface area contributed by atoms with Crippen LogP contribution in [0.3, 0.4) is 0 Å². The van der Waals surface area contributed by atoms with Gasteiger partial charge in [-0.3, -0.25) is 0 Å². The van der Waals surface area contributed by atoms with Crippen LogP contribution in [0.5, 0.6) is 0 Å². The molecule has 4 fully saturated rings. The van der Waals surface area contributed by atoms with E-state index in [9.17, 15) is 0 Å². The highest BCUT2D eigenvalue weighted by Crippen LogP contribution is 2.41. The molecule has 0 aromatic heterocycles. The second-order valence-electron chi connectivity index (χ2n) is 7.90. The van der Waals surface area contributed by atoms with Gasteiger partial charge in [0, 0.05) is 19.1 Å². The Morgan fingerprint density at radius 1 is 0.727 bits per heavy atom. The van der Waals surface area contributed by atoms with Crippen molar-refractivity contribution in [3.05, 3.63) is 0 Å². The molecule has 1 saturated carbocycles. The predicted octanol–water partition coefficient (Wildman–Crippen LogP) is 2.64. The Bertz CT molecular complexity index is 363. The van der Waals surface area contributed by atoms with Crippen molar-refractivity contribution in [3.63, 3.8) is 0 Å². The van der Waals surface area contributed by atoms with Crippen LogP contribution in [0, 0.1) is 11.8 Å². The van der Waals surface area contributed by atoms with Gasteiger partial charge in [-0.15, -0.1) is 5.12 Å². The fourth-order valence-electron chi connectivity index (χ4n) is 5.10. The van der Waals surface area contributed by atoms with E-state index in [4.69, 9.17) is 0 Å². The Morgan fingerprint density at radius 3 is 2.55 bits per heavy atom. The van der Waals surface area contributed by atoms with E-state index in [-0.39, 0.29) is 0 Å². The highest BCUT2D eigenvalue weighted by atomic mass is 16.0. The van der Waals surface area contributed by atoms with Crippen molar-refractivity contribution in [1.29, 1.82) is 0 Å². The molecule has 0 aromatic carbocycles. The van der Waals surface area contributed by atoms with E-state index in [0.717, 1.165) is 31.1 Å². The van der Waals surface area contributed by atoms with E-state index < -0.39 is 0 Å². The number of rotatable bonds is 0. The number of fused-ring (bicyclic) bond motifs is 4. The van der Waals surface area contributed by atoms with Crippen molar-refractivity contribution in [2.24, 2.45) is 11.8 Å². The van der Waals surface area contributed by atoms with E-state index >= 15 is 0 Å². The summed E-state index contributed by atoms with van der Waals surface area (Å²) in [4.78, 5) is 0. The lowest BCUT2D eigenvalue weighted by atomic mass is 9.77. The van der Waals surface area contributed by atoms with Gasteiger partial charge in [0.2, 0.25) is 0 Å². The monoisotopic (exact) mass is 307 g/mol. The first-order valence-electron chi connectivity index (χ1n) is 9.70. The van der Waals surface area contributed by atoms with Gasteiger partial charge in [-0.1, -0.05) is 44.9 Å². The highest BCUT2D eigenvalue weighted by Gasteiger charge is 2.42. The lowest BCUT2D eigenvalue weighted by Gasteiger charge is -2.39. The standard InChI is InChI=1S/C17H33N5/c1-2-4-6-11-20-14-22(19-18-20)21-12-10-16-9-8-15(7-5-3-1)13-17(16)21/h15-19H,1-14H2. The maximum Gasteiger partial charge on any atom is 0.0968 e. The van der Waals surface area contributed by atoms with E-state index in [2.05, 4.69) is 26.2 Å². The van der Waals surface area contributed by atoms with E-state index in [1.807, 2.05) is 0 Å². The van der Waals surface area contributed by atoms with E-state index in [0.29, 0.717) is 0 Å². The van der Waals surface area contributed by atoms with Crippen LogP contribution in [0.2, 0.25) is 0 Å². The fourth-order valence-corrected chi connectivity index (χ4v) is 5.10. The molecule has 3 aliphatic heterocycles. The first-order chi connectivity index (χ1) is 10.9. The Kier molecular flexibility index (Phi) is 4.98. The number of nitrogens with zero attached hydrogens (tertiary/aromatic N) is 3. The maximum absolute atomic E-state index is 3.40. The first kappa shape index (κ1) is 15.3. The molecule has 0 radical (unpaired) electrons.